The number of hydrogen-bond acceptors (Lipinski definition) is 2. The fourth-order valence-electron chi connectivity index (χ4n) is 2.67. The van der Waals surface area contributed by atoms with E-state index in [1.807, 2.05) is 18.2 Å². The molecule has 1 aliphatic carbocycles. The third-order valence-electron chi connectivity index (χ3n) is 3.79. The third-order valence-corrected chi connectivity index (χ3v) is 4.49. The molecule has 0 spiro atoms. The summed E-state index contributed by atoms with van der Waals surface area (Å²) in [5.74, 6) is 0.611. The molecule has 5 heteroatoms. The van der Waals surface area contributed by atoms with Gasteiger partial charge in [0.1, 0.15) is 11.6 Å². The van der Waals surface area contributed by atoms with E-state index in [1.54, 1.807) is 12.1 Å². The van der Waals surface area contributed by atoms with Crippen molar-refractivity contribution >= 4 is 32.7 Å². The molecule has 106 valence electrons. The van der Waals surface area contributed by atoms with Gasteiger partial charge in [0.2, 0.25) is 0 Å². The van der Waals surface area contributed by atoms with Crippen molar-refractivity contribution in [3.8, 4) is 11.4 Å². The van der Waals surface area contributed by atoms with Gasteiger partial charge >= 0.3 is 0 Å². The normalized spacial score (nSPS) is 14.8. The maximum Gasteiger partial charge on any atom is 0.142 e. The first kappa shape index (κ1) is 12.8. The maximum atomic E-state index is 13.6. The lowest BCUT2D eigenvalue weighted by Gasteiger charge is -2.10. The van der Waals surface area contributed by atoms with Crippen molar-refractivity contribution in [2.75, 3.05) is 5.73 Å². The lowest BCUT2D eigenvalue weighted by Crippen LogP contribution is -1.99. The summed E-state index contributed by atoms with van der Waals surface area (Å²) >= 11 is 3.56. The van der Waals surface area contributed by atoms with E-state index < -0.39 is 0 Å². The molecule has 1 aromatic heterocycles. The Balaban J connectivity index is 2.04. The van der Waals surface area contributed by atoms with Crippen LogP contribution in [0.2, 0.25) is 0 Å². The minimum atomic E-state index is -0.234. The molecule has 0 unspecified atom stereocenters. The van der Waals surface area contributed by atoms with Crippen molar-refractivity contribution in [3.05, 3.63) is 46.7 Å². The summed E-state index contributed by atoms with van der Waals surface area (Å²) in [6.07, 6.45) is 2.21. The van der Waals surface area contributed by atoms with E-state index in [9.17, 15) is 4.39 Å². The summed E-state index contributed by atoms with van der Waals surface area (Å²) in [6, 6.07) is 10.8. The van der Waals surface area contributed by atoms with Crippen molar-refractivity contribution < 1.29 is 4.39 Å². The minimum absolute atomic E-state index is 0.234. The van der Waals surface area contributed by atoms with Crippen LogP contribution in [0.1, 0.15) is 18.9 Å². The van der Waals surface area contributed by atoms with Gasteiger partial charge in [-0.1, -0.05) is 15.9 Å². The Morgan fingerprint density at radius 3 is 2.76 bits per heavy atom. The van der Waals surface area contributed by atoms with Crippen LogP contribution < -0.4 is 5.73 Å². The van der Waals surface area contributed by atoms with E-state index >= 15 is 0 Å². The summed E-state index contributed by atoms with van der Waals surface area (Å²) < 4.78 is 16.7. The Hall–Kier alpha value is -1.88. The van der Waals surface area contributed by atoms with E-state index in [2.05, 4.69) is 20.5 Å². The molecule has 0 bridgehead atoms. The third kappa shape index (κ3) is 2.12. The molecule has 0 saturated heterocycles. The summed E-state index contributed by atoms with van der Waals surface area (Å²) in [6.45, 7) is 0. The van der Waals surface area contributed by atoms with Crippen LogP contribution >= 0.6 is 15.9 Å². The number of imidazole rings is 1. The first-order valence-corrected chi connectivity index (χ1v) is 7.65. The zero-order valence-electron chi connectivity index (χ0n) is 11.2. The van der Waals surface area contributed by atoms with Gasteiger partial charge in [0, 0.05) is 21.8 Å². The van der Waals surface area contributed by atoms with Crippen molar-refractivity contribution in [2.45, 2.75) is 18.9 Å². The van der Waals surface area contributed by atoms with Gasteiger partial charge in [-0.15, -0.1) is 0 Å². The fourth-order valence-corrected chi connectivity index (χ4v) is 3.10. The number of anilines is 1. The van der Waals surface area contributed by atoms with Gasteiger partial charge in [0.15, 0.2) is 0 Å². The van der Waals surface area contributed by atoms with Crippen molar-refractivity contribution in [1.82, 2.24) is 9.55 Å². The number of benzene rings is 2. The Labute approximate surface area is 129 Å². The molecule has 0 amide bonds. The Kier molecular flexibility index (Phi) is 2.79. The zero-order chi connectivity index (χ0) is 14.6. The van der Waals surface area contributed by atoms with Crippen LogP contribution in [-0.2, 0) is 0 Å². The number of hydrogen-bond donors (Lipinski definition) is 1. The molecule has 2 N–H and O–H groups in total. The SMILES string of the molecule is Nc1ccc(Br)c(-c2nc3ccc(F)cc3n2C2CC2)c1. The standard InChI is InChI=1S/C16H13BrFN3/c17-13-5-2-10(19)8-12(13)16-20-14-6-1-9(18)7-15(14)21(16)11-3-4-11/h1-2,5-8,11H,3-4,19H2. The molecule has 1 saturated carbocycles. The van der Waals surface area contributed by atoms with E-state index in [0.29, 0.717) is 11.7 Å². The fraction of sp³-hybridized carbons (Fsp3) is 0.188. The molecule has 1 fully saturated rings. The lowest BCUT2D eigenvalue weighted by atomic mass is 10.2. The van der Waals surface area contributed by atoms with Crippen LogP contribution in [0.15, 0.2) is 40.9 Å². The van der Waals surface area contributed by atoms with Crippen molar-refractivity contribution in [3.63, 3.8) is 0 Å². The minimum Gasteiger partial charge on any atom is -0.399 e. The molecule has 3 aromatic rings. The van der Waals surface area contributed by atoms with Crippen LogP contribution in [0.4, 0.5) is 10.1 Å². The summed E-state index contributed by atoms with van der Waals surface area (Å²) in [5.41, 5.74) is 9.20. The second kappa shape index (κ2) is 4.56. The molecular formula is C16H13BrFN3. The molecule has 0 radical (unpaired) electrons. The van der Waals surface area contributed by atoms with Gasteiger partial charge < -0.3 is 10.3 Å². The average molecular weight is 346 g/mol. The number of nitrogens with zero attached hydrogens (tertiary/aromatic N) is 2. The van der Waals surface area contributed by atoms with Crippen LogP contribution in [0.3, 0.4) is 0 Å². The van der Waals surface area contributed by atoms with Gasteiger partial charge in [-0.05, 0) is 49.2 Å². The van der Waals surface area contributed by atoms with Crippen molar-refractivity contribution in [2.24, 2.45) is 0 Å². The van der Waals surface area contributed by atoms with Crippen LogP contribution in [0.5, 0.6) is 0 Å². The lowest BCUT2D eigenvalue weighted by molar-refractivity contribution is 0.628. The molecule has 3 nitrogen and oxygen atoms in total. The molecule has 4 rings (SSSR count). The molecule has 1 heterocycles. The number of rotatable bonds is 2. The summed E-state index contributed by atoms with van der Waals surface area (Å²) in [5, 5.41) is 0. The van der Waals surface area contributed by atoms with Gasteiger partial charge in [0.25, 0.3) is 0 Å². The van der Waals surface area contributed by atoms with E-state index in [1.165, 1.54) is 6.07 Å². The van der Waals surface area contributed by atoms with E-state index in [0.717, 1.165) is 39.7 Å². The number of nitrogens with two attached hydrogens (primary N) is 1. The zero-order valence-corrected chi connectivity index (χ0v) is 12.8. The molecule has 0 aliphatic heterocycles. The van der Waals surface area contributed by atoms with Gasteiger partial charge in [-0.3, -0.25) is 0 Å². The predicted octanol–water partition coefficient (Wildman–Crippen LogP) is 4.52. The largest absolute Gasteiger partial charge is 0.399 e. The second-order valence-corrected chi connectivity index (χ2v) is 6.26. The van der Waals surface area contributed by atoms with E-state index in [4.69, 9.17) is 10.7 Å². The first-order chi connectivity index (χ1) is 10.1. The predicted molar refractivity (Wildman–Crippen MR) is 85.5 cm³/mol. The topological polar surface area (TPSA) is 43.8 Å². The van der Waals surface area contributed by atoms with Crippen LogP contribution in [-0.4, -0.2) is 9.55 Å². The monoisotopic (exact) mass is 345 g/mol. The highest BCUT2D eigenvalue weighted by molar-refractivity contribution is 9.10. The Bertz CT molecular complexity index is 852. The quantitative estimate of drug-likeness (QED) is 0.693. The Morgan fingerprint density at radius 1 is 1.19 bits per heavy atom. The van der Waals surface area contributed by atoms with Crippen molar-refractivity contribution in [1.29, 1.82) is 0 Å². The van der Waals surface area contributed by atoms with Crippen LogP contribution in [0.25, 0.3) is 22.4 Å². The van der Waals surface area contributed by atoms with E-state index in [-0.39, 0.29) is 5.82 Å². The summed E-state index contributed by atoms with van der Waals surface area (Å²) in [7, 11) is 0. The molecule has 0 atom stereocenters. The highest BCUT2D eigenvalue weighted by atomic mass is 79.9. The second-order valence-electron chi connectivity index (χ2n) is 5.41. The van der Waals surface area contributed by atoms with Gasteiger partial charge in [-0.2, -0.15) is 0 Å². The number of nitrogen functional groups attached to an aromatic ring is 1. The first-order valence-electron chi connectivity index (χ1n) is 6.86. The van der Waals surface area contributed by atoms with Gasteiger partial charge in [0.05, 0.1) is 11.0 Å². The average Bonchev–Trinajstić information content (AvgIpc) is 3.22. The molecule has 21 heavy (non-hydrogen) atoms. The highest BCUT2D eigenvalue weighted by Gasteiger charge is 2.29. The molecule has 2 aromatic carbocycles. The highest BCUT2D eigenvalue weighted by Crippen LogP contribution is 2.42. The number of halogens is 2. The smallest absolute Gasteiger partial charge is 0.142 e. The molecule has 1 aliphatic rings. The van der Waals surface area contributed by atoms with Gasteiger partial charge in [-0.25, -0.2) is 9.37 Å². The summed E-state index contributed by atoms with van der Waals surface area (Å²) in [4.78, 5) is 4.70. The maximum absolute atomic E-state index is 13.6. The van der Waals surface area contributed by atoms with Crippen LogP contribution in [0, 0.1) is 5.82 Å². The Morgan fingerprint density at radius 2 is 2.00 bits per heavy atom. The molecular weight excluding hydrogens is 333 g/mol. The number of aromatic nitrogens is 2. The number of fused-ring (bicyclic) bond motifs is 1.